The second-order valence-electron chi connectivity index (χ2n) is 11.3. The van der Waals surface area contributed by atoms with Crippen molar-refractivity contribution in [3.05, 3.63) is 0 Å². The number of rotatable bonds is 30. The number of hydrogen-bond donors (Lipinski definition) is 1. The van der Waals surface area contributed by atoms with Crippen molar-refractivity contribution in [2.24, 2.45) is 0 Å². The molecule has 38 heavy (non-hydrogen) atoms. The number of esters is 2. The molecule has 1 N–H and O–H groups in total. The molecule has 0 fully saturated rings. The summed E-state index contributed by atoms with van der Waals surface area (Å²) in [6, 6.07) is 0. The van der Waals surface area contributed by atoms with Gasteiger partial charge in [0.15, 0.2) is 6.10 Å². The standard InChI is InChI=1S/C33H64O5/c1-3-5-7-9-11-13-15-16-18-20-22-24-26-28-33(36)38-31(29-34)30-37-32(35)27-25-23-21-19-17-14-12-10-8-6-4-2/h31,34H,3-30H2,1-2H3/t31-/m0/s1. The molecule has 0 spiro atoms. The Hall–Kier alpha value is -1.10. The first-order valence-electron chi connectivity index (χ1n) is 16.6. The number of unbranched alkanes of at least 4 members (excludes halogenated alkanes) is 22. The van der Waals surface area contributed by atoms with Crippen LogP contribution < -0.4 is 0 Å². The smallest absolute Gasteiger partial charge is 0.306 e. The van der Waals surface area contributed by atoms with E-state index in [4.69, 9.17) is 9.47 Å². The van der Waals surface area contributed by atoms with E-state index in [-0.39, 0.29) is 25.2 Å². The van der Waals surface area contributed by atoms with Crippen LogP contribution >= 0.6 is 0 Å². The van der Waals surface area contributed by atoms with Gasteiger partial charge in [0.1, 0.15) is 6.61 Å². The highest BCUT2D eigenvalue weighted by molar-refractivity contribution is 5.70. The van der Waals surface area contributed by atoms with Crippen LogP contribution in [0.4, 0.5) is 0 Å². The van der Waals surface area contributed by atoms with E-state index in [9.17, 15) is 14.7 Å². The van der Waals surface area contributed by atoms with E-state index < -0.39 is 6.10 Å². The van der Waals surface area contributed by atoms with Gasteiger partial charge in [0.2, 0.25) is 0 Å². The molecule has 0 radical (unpaired) electrons. The Morgan fingerprint density at radius 1 is 0.500 bits per heavy atom. The van der Waals surface area contributed by atoms with Crippen LogP contribution in [0, 0.1) is 0 Å². The Balaban J connectivity index is 3.54. The molecule has 5 heteroatoms. The lowest BCUT2D eigenvalue weighted by atomic mass is 10.0. The zero-order chi connectivity index (χ0) is 27.9. The summed E-state index contributed by atoms with van der Waals surface area (Å²) in [6.07, 6.45) is 30.1. The first kappa shape index (κ1) is 36.9. The third-order valence-electron chi connectivity index (χ3n) is 7.40. The average molecular weight is 541 g/mol. The van der Waals surface area contributed by atoms with Crippen LogP contribution in [-0.2, 0) is 19.1 Å². The van der Waals surface area contributed by atoms with Crippen LogP contribution in [-0.4, -0.2) is 36.4 Å². The molecule has 0 saturated heterocycles. The number of carbonyl (C=O) groups is 2. The Morgan fingerprint density at radius 3 is 1.16 bits per heavy atom. The second-order valence-corrected chi connectivity index (χ2v) is 11.3. The van der Waals surface area contributed by atoms with Gasteiger partial charge in [-0.3, -0.25) is 9.59 Å². The van der Waals surface area contributed by atoms with E-state index in [1.165, 1.54) is 116 Å². The molecule has 0 unspecified atom stereocenters. The Labute approximate surface area is 236 Å². The predicted octanol–water partition coefficient (Wildman–Crippen LogP) is 9.62. The summed E-state index contributed by atoms with van der Waals surface area (Å²) in [6.45, 7) is 4.13. The van der Waals surface area contributed by atoms with Crippen LogP contribution in [0.1, 0.15) is 181 Å². The molecule has 0 bridgehead atoms. The molecule has 0 heterocycles. The van der Waals surface area contributed by atoms with Gasteiger partial charge in [-0.1, -0.05) is 155 Å². The first-order chi connectivity index (χ1) is 18.6. The summed E-state index contributed by atoms with van der Waals surface area (Å²) in [5, 5.41) is 9.48. The normalized spacial score (nSPS) is 12.0. The van der Waals surface area contributed by atoms with Gasteiger partial charge in [-0.2, -0.15) is 0 Å². The van der Waals surface area contributed by atoms with Crippen LogP contribution in [0.2, 0.25) is 0 Å². The summed E-state index contributed by atoms with van der Waals surface area (Å²) in [7, 11) is 0. The monoisotopic (exact) mass is 540 g/mol. The van der Waals surface area contributed by atoms with Crippen molar-refractivity contribution in [1.29, 1.82) is 0 Å². The predicted molar refractivity (Wildman–Crippen MR) is 159 cm³/mol. The number of aliphatic hydroxyl groups is 1. The summed E-state index contributed by atoms with van der Waals surface area (Å²) in [5.74, 6) is -0.583. The van der Waals surface area contributed by atoms with Gasteiger partial charge < -0.3 is 14.6 Å². The van der Waals surface area contributed by atoms with E-state index in [0.717, 1.165) is 38.5 Å². The molecular formula is C33H64O5. The van der Waals surface area contributed by atoms with Gasteiger partial charge in [0.05, 0.1) is 6.61 Å². The van der Waals surface area contributed by atoms with Crippen LogP contribution in [0.15, 0.2) is 0 Å². The fourth-order valence-corrected chi connectivity index (χ4v) is 4.85. The molecule has 0 aliphatic heterocycles. The zero-order valence-corrected chi connectivity index (χ0v) is 25.5. The van der Waals surface area contributed by atoms with Gasteiger partial charge in [-0.25, -0.2) is 0 Å². The van der Waals surface area contributed by atoms with Crippen LogP contribution in [0.3, 0.4) is 0 Å². The molecule has 0 aromatic rings. The van der Waals surface area contributed by atoms with Crippen molar-refractivity contribution < 1.29 is 24.2 Å². The lowest BCUT2D eigenvalue weighted by Gasteiger charge is -2.15. The van der Waals surface area contributed by atoms with Crippen LogP contribution in [0.5, 0.6) is 0 Å². The van der Waals surface area contributed by atoms with E-state index in [1.54, 1.807) is 0 Å². The quantitative estimate of drug-likeness (QED) is 0.0725. The number of aliphatic hydroxyl groups excluding tert-OH is 1. The molecule has 0 aromatic carbocycles. The van der Waals surface area contributed by atoms with Gasteiger partial charge in [-0.05, 0) is 12.8 Å². The van der Waals surface area contributed by atoms with E-state index in [2.05, 4.69) is 13.8 Å². The summed E-state index contributed by atoms with van der Waals surface area (Å²) in [4.78, 5) is 24.0. The Kier molecular flexibility index (Phi) is 29.6. The third-order valence-corrected chi connectivity index (χ3v) is 7.40. The van der Waals surface area contributed by atoms with E-state index in [1.807, 2.05) is 0 Å². The van der Waals surface area contributed by atoms with E-state index in [0.29, 0.717) is 12.8 Å². The minimum Gasteiger partial charge on any atom is -0.462 e. The number of hydrogen-bond acceptors (Lipinski definition) is 5. The Morgan fingerprint density at radius 2 is 0.816 bits per heavy atom. The molecule has 0 amide bonds. The highest BCUT2D eigenvalue weighted by atomic mass is 16.6. The molecule has 0 aliphatic rings. The van der Waals surface area contributed by atoms with Gasteiger partial charge >= 0.3 is 11.9 Å². The minimum absolute atomic E-state index is 0.0578. The highest BCUT2D eigenvalue weighted by Crippen LogP contribution is 2.14. The van der Waals surface area contributed by atoms with Crippen molar-refractivity contribution >= 4 is 11.9 Å². The molecule has 0 aliphatic carbocycles. The highest BCUT2D eigenvalue weighted by Gasteiger charge is 2.16. The van der Waals surface area contributed by atoms with Gasteiger partial charge in [-0.15, -0.1) is 0 Å². The largest absolute Gasteiger partial charge is 0.462 e. The zero-order valence-electron chi connectivity index (χ0n) is 25.5. The van der Waals surface area contributed by atoms with Crippen molar-refractivity contribution in [2.45, 2.75) is 187 Å². The van der Waals surface area contributed by atoms with Gasteiger partial charge in [0, 0.05) is 12.8 Å². The third kappa shape index (κ3) is 27.9. The molecule has 0 saturated carbocycles. The first-order valence-corrected chi connectivity index (χ1v) is 16.6. The van der Waals surface area contributed by atoms with E-state index >= 15 is 0 Å². The summed E-state index contributed by atoms with van der Waals surface area (Å²) < 4.78 is 10.5. The topological polar surface area (TPSA) is 72.8 Å². The lowest BCUT2D eigenvalue weighted by molar-refractivity contribution is -0.161. The van der Waals surface area contributed by atoms with Crippen LogP contribution in [0.25, 0.3) is 0 Å². The van der Waals surface area contributed by atoms with Crippen molar-refractivity contribution in [1.82, 2.24) is 0 Å². The maximum Gasteiger partial charge on any atom is 0.306 e. The fraction of sp³-hybridized carbons (Fsp3) is 0.939. The molecule has 1 atom stereocenters. The number of carbonyl (C=O) groups excluding carboxylic acids is 2. The fourth-order valence-electron chi connectivity index (χ4n) is 4.85. The minimum atomic E-state index is -0.759. The SMILES string of the molecule is CCCCCCCCCCCCCCCC(=O)O[C@@H](CO)COC(=O)CCCCCCCCCCCCC. The van der Waals surface area contributed by atoms with Crippen molar-refractivity contribution in [2.75, 3.05) is 13.2 Å². The second kappa shape index (κ2) is 30.4. The average Bonchev–Trinajstić information content (AvgIpc) is 2.92. The number of ether oxygens (including phenoxy) is 2. The summed E-state index contributed by atoms with van der Waals surface area (Å²) in [5.41, 5.74) is 0. The maximum atomic E-state index is 12.1. The Bertz CT molecular complexity index is 508. The van der Waals surface area contributed by atoms with Crippen molar-refractivity contribution in [3.63, 3.8) is 0 Å². The molecule has 0 aromatic heterocycles. The lowest BCUT2D eigenvalue weighted by Crippen LogP contribution is -2.28. The molecular weight excluding hydrogens is 476 g/mol. The molecule has 0 rings (SSSR count). The van der Waals surface area contributed by atoms with Crippen molar-refractivity contribution in [3.8, 4) is 0 Å². The molecule has 226 valence electrons. The maximum absolute atomic E-state index is 12.1. The molecule has 5 nitrogen and oxygen atoms in total. The summed E-state index contributed by atoms with van der Waals surface area (Å²) >= 11 is 0. The van der Waals surface area contributed by atoms with Gasteiger partial charge in [0.25, 0.3) is 0 Å².